The lowest BCUT2D eigenvalue weighted by Gasteiger charge is -2.38. The van der Waals surface area contributed by atoms with E-state index in [1.54, 1.807) is 0 Å². The van der Waals surface area contributed by atoms with Crippen molar-refractivity contribution in [3.05, 3.63) is 35.9 Å². The number of Topliss-reactive ketones (excluding diaryl/α,β-unsaturated/α-hetero) is 1. The molecule has 20 heavy (non-hydrogen) atoms. The topological polar surface area (TPSA) is 55.8 Å². The average molecular weight is 276 g/mol. The van der Waals surface area contributed by atoms with Gasteiger partial charge in [0.2, 0.25) is 0 Å². The maximum atomic E-state index is 12.3. The minimum atomic E-state index is -0.555. The number of hydrogen-bond acceptors (Lipinski definition) is 4. The Hall–Kier alpha value is -1.23. The largest absolute Gasteiger partial charge is 0.393 e. The Morgan fingerprint density at radius 1 is 1.25 bits per heavy atom. The fourth-order valence-corrected chi connectivity index (χ4v) is 3.19. The molecule has 1 aromatic rings. The van der Waals surface area contributed by atoms with Gasteiger partial charge < -0.3 is 14.6 Å². The summed E-state index contributed by atoms with van der Waals surface area (Å²) in [5, 5.41) is 10.1. The Morgan fingerprint density at radius 3 is 2.65 bits per heavy atom. The normalized spacial score (nSPS) is 28.6. The molecule has 0 radical (unpaired) electrons. The Labute approximate surface area is 118 Å². The van der Waals surface area contributed by atoms with Crippen LogP contribution in [-0.4, -0.2) is 36.0 Å². The lowest BCUT2D eigenvalue weighted by molar-refractivity contribution is -0.201. The lowest BCUT2D eigenvalue weighted by atomic mass is 9.79. The molecule has 4 nitrogen and oxygen atoms in total. The molecule has 2 aliphatic rings. The summed E-state index contributed by atoms with van der Waals surface area (Å²) in [5.74, 6) is -0.569. The Balaban J connectivity index is 1.67. The second kappa shape index (κ2) is 5.64. The molecule has 1 saturated heterocycles. The molecule has 2 unspecified atom stereocenters. The molecule has 1 aliphatic heterocycles. The Bertz CT molecular complexity index is 465. The van der Waals surface area contributed by atoms with Gasteiger partial charge in [-0.15, -0.1) is 0 Å². The molecular formula is C16H20O4. The summed E-state index contributed by atoms with van der Waals surface area (Å²) in [6.45, 7) is 1.21. The predicted octanol–water partition coefficient (Wildman–Crippen LogP) is 2.16. The molecule has 1 aliphatic carbocycles. The van der Waals surface area contributed by atoms with Crippen LogP contribution in [0.4, 0.5) is 0 Å². The van der Waals surface area contributed by atoms with Gasteiger partial charge in [0.05, 0.1) is 19.3 Å². The number of hydrogen-bond donors (Lipinski definition) is 1. The summed E-state index contributed by atoms with van der Waals surface area (Å²) in [4.78, 5) is 12.3. The first-order chi connectivity index (χ1) is 9.69. The van der Waals surface area contributed by atoms with Crippen molar-refractivity contribution in [3.8, 4) is 0 Å². The van der Waals surface area contributed by atoms with Crippen molar-refractivity contribution >= 4 is 5.78 Å². The molecule has 1 spiro atoms. The monoisotopic (exact) mass is 276 g/mol. The Morgan fingerprint density at radius 2 is 1.95 bits per heavy atom. The number of benzene rings is 1. The zero-order chi connectivity index (χ0) is 14.0. The van der Waals surface area contributed by atoms with Gasteiger partial charge in [0.1, 0.15) is 0 Å². The molecule has 0 bridgehead atoms. The number of aliphatic hydroxyl groups excluding tert-OH is 1. The number of aliphatic hydroxyl groups is 1. The van der Waals surface area contributed by atoms with E-state index in [0.717, 1.165) is 0 Å². The van der Waals surface area contributed by atoms with Gasteiger partial charge in [-0.2, -0.15) is 0 Å². The van der Waals surface area contributed by atoms with Crippen molar-refractivity contribution < 1.29 is 19.4 Å². The summed E-state index contributed by atoms with van der Waals surface area (Å²) in [6.07, 6.45) is 1.85. The smallest absolute Gasteiger partial charge is 0.168 e. The van der Waals surface area contributed by atoms with Gasteiger partial charge in [0, 0.05) is 24.8 Å². The zero-order valence-corrected chi connectivity index (χ0v) is 11.5. The summed E-state index contributed by atoms with van der Waals surface area (Å²) in [5.41, 5.74) is 0.701. The highest BCUT2D eigenvalue weighted by molar-refractivity contribution is 5.96. The standard InChI is InChI=1S/C16H20O4/c17-14-6-7-16(19-8-9-20-16)11-13(14)10-15(18)12-4-2-1-3-5-12/h1-5,13-14,17H,6-11H2. The molecule has 1 heterocycles. The second-order valence-corrected chi connectivity index (χ2v) is 5.67. The van der Waals surface area contributed by atoms with E-state index in [0.29, 0.717) is 44.5 Å². The van der Waals surface area contributed by atoms with Gasteiger partial charge in [0.15, 0.2) is 11.6 Å². The van der Waals surface area contributed by atoms with E-state index in [-0.39, 0.29) is 11.7 Å². The van der Waals surface area contributed by atoms with Crippen molar-refractivity contribution in [1.82, 2.24) is 0 Å². The summed E-state index contributed by atoms with van der Waals surface area (Å²) >= 11 is 0. The molecule has 1 N–H and O–H groups in total. The van der Waals surface area contributed by atoms with Crippen LogP contribution in [0.1, 0.15) is 36.0 Å². The highest BCUT2D eigenvalue weighted by atomic mass is 16.7. The van der Waals surface area contributed by atoms with Crippen LogP contribution < -0.4 is 0 Å². The zero-order valence-electron chi connectivity index (χ0n) is 11.5. The molecule has 1 saturated carbocycles. The average Bonchev–Trinajstić information content (AvgIpc) is 2.92. The second-order valence-electron chi connectivity index (χ2n) is 5.67. The van der Waals surface area contributed by atoms with E-state index >= 15 is 0 Å². The van der Waals surface area contributed by atoms with Crippen LogP contribution >= 0.6 is 0 Å². The van der Waals surface area contributed by atoms with Gasteiger partial charge in [-0.1, -0.05) is 30.3 Å². The third kappa shape index (κ3) is 2.77. The molecule has 0 aromatic heterocycles. The van der Waals surface area contributed by atoms with Crippen molar-refractivity contribution in [3.63, 3.8) is 0 Å². The lowest BCUT2D eigenvalue weighted by Crippen LogP contribution is -2.43. The van der Waals surface area contributed by atoms with Crippen LogP contribution in [-0.2, 0) is 9.47 Å². The maximum Gasteiger partial charge on any atom is 0.168 e. The van der Waals surface area contributed by atoms with Crippen LogP contribution in [0.25, 0.3) is 0 Å². The quantitative estimate of drug-likeness (QED) is 0.860. The molecule has 3 rings (SSSR count). The minimum absolute atomic E-state index is 0.0738. The van der Waals surface area contributed by atoms with Crippen molar-refractivity contribution in [2.45, 2.75) is 37.6 Å². The van der Waals surface area contributed by atoms with E-state index < -0.39 is 11.9 Å². The van der Waals surface area contributed by atoms with E-state index in [2.05, 4.69) is 0 Å². The molecular weight excluding hydrogens is 256 g/mol. The molecule has 2 atom stereocenters. The number of carbonyl (C=O) groups excluding carboxylic acids is 1. The number of rotatable bonds is 3. The summed E-state index contributed by atoms with van der Waals surface area (Å²) < 4.78 is 11.4. The van der Waals surface area contributed by atoms with Gasteiger partial charge in [0.25, 0.3) is 0 Å². The van der Waals surface area contributed by atoms with E-state index in [9.17, 15) is 9.90 Å². The van der Waals surface area contributed by atoms with Crippen LogP contribution in [0.15, 0.2) is 30.3 Å². The third-order valence-corrected chi connectivity index (χ3v) is 4.30. The van der Waals surface area contributed by atoms with Crippen LogP contribution in [0, 0.1) is 5.92 Å². The first-order valence-corrected chi connectivity index (χ1v) is 7.23. The Kier molecular flexibility index (Phi) is 3.87. The van der Waals surface area contributed by atoms with E-state index in [4.69, 9.17) is 9.47 Å². The van der Waals surface area contributed by atoms with E-state index in [1.807, 2.05) is 30.3 Å². The van der Waals surface area contributed by atoms with Crippen LogP contribution in [0.2, 0.25) is 0 Å². The van der Waals surface area contributed by atoms with Gasteiger partial charge >= 0.3 is 0 Å². The predicted molar refractivity (Wildman–Crippen MR) is 73.4 cm³/mol. The molecule has 1 aromatic carbocycles. The summed E-state index contributed by atoms with van der Waals surface area (Å²) in [6, 6.07) is 9.23. The van der Waals surface area contributed by atoms with Crippen molar-refractivity contribution in [2.75, 3.05) is 13.2 Å². The minimum Gasteiger partial charge on any atom is -0.393 e. The third-order valence-electron chi connectivity index (χ3n) is 4.30. The fourth-order valence-electron chi connectivity index (χ4n) is 3.19. The molecule has 2 fully saturated rings. The van der Waals surface area contributed by atoms with Gasteiger partial charge in [-0.3, -0.25) is 4.79 Å². The highest BCUT2D eigenvalue weighted by Crippen LogP contribution is 2.40. The number of ether oxygens (including phenoxy) is 2. The SMILES string of the molecule is O=C(CC1CC2(CCC1O)OCCO2)c1ccccc1. The van der Waals surface area contributed by atoms with Crippen molar-refractivity contribution in [1.29, 1.82) is 0 Å². The molecule has 108 valence electrons. The molecule has 4 heteroatoms. The maximum absolute atomic E-state index is 12.3. The van der Waals surface area contributed by atoms with Crippen molar-refractivity contribution in [2.24, 2.45) is 5.92 Å². The van der Waals surface area contributed by atoms with Gasteiger partial charge in [-0.05, 0) is 12.3 Å². The van der Waals surface area contributed by atoms with Crippen LogP contribution in [0.5, 0.6) is 0 Å². The fraction of sp³-hybridized carbons (Fsp3) is 0.562. The number of ketones is 1. The van der Waals surface area contributed by atoms with Gasteiger partial charge in [-0.25, -0.2) is 0 Å². The van der Waals surface area contributed by atoms with Crippen LogP contribution in [0.3, 0.4) is 0 Å². The van der Waals surface area contributed by atoms with E-state index in [1.165, 1.54) is 0 Å². The summed E-state index contributed by atoms with van der Waals surface area (Å²) in [7, 11) is 0. The first-order valence-electron chi connectivity index (χ1n) is 7.23. The first kappa shape index (κ1) is 13.7. The highest BCUT2D eigenvalue weighted by Gasteiger charge is 2.45. The number of carbonyl (C=O) groups is 1. The molecule has 0 amide bonds.